The fourth-order valence-electron chi connectivity index (χ4n) is 2.92. The molecule has 0 aromatic heterocycles. The van der Waals surface area contributed by atoms with Crippen molar-refractivity contribution in [2.24, 2.45) is 5.73 Å². The van der Waals surface area contributed by atoms with Crippen molar-refractivity contribution >= 4 is 10.0 Å². The summed E-state index contributed by atoms with van der Waals surface area (Å²) in [6.07, 6.45) is 3.50. The molecule has 0 amide bonds. The van der Waals surface area contributed by atoms with Gasteiger partial charge in [-0.25, -0.2) is 8.42 Å². The zero-order chi connectivity index (χ0) is 14.8. The van der Waals surface area contributed by atoms with E-state index in [-0.39, 0.29) is 6.04 Å². The fourth-order valence-corrected chi connectivity index (χ4v) is 5.03. The highest BCUT2D eigenvalue weighted by Gasteiger charge is 2.35. The van der Waals surface area contributed by atoms with Crippen molar-refractivity contribution in [2.45, 2.75) is 57.0 Å². The van der Waals surface area contributed by atoms with Crippen LogP contribution in [0.2, 0.25) is 0 Å². The first-order valence-corrected chi connectivity index (χ1v) is 8.82. The molecule has 20 heavy (non-hydrogen) atoms. The van der Waals surface area contributed by atoms with E-state index < -0.39 is 10.0 Å². The Balaban J connectivity index is 2.47. The van der Waals surface area contributed by atoms with Crippen LogP contribution in [0, 0.1) is 0 Å². The molecule has 0 spiro atoms. The van der Waals surface area contributed by atoms with Gasteiger partial charge in [0.1, 0.15) is 0 Å². The lowest BCUT2D eigenvalue weighted by Gasteiger charge is -2.24. The minimum Gasteiger partial charge on any atom is -0.326 e. The molecule has 1 saturated heterocycles. The van der Waals surface area contributed by atoms with Crippen LogP contribution in [0.3, 0.4) is 0 Å². The van der Waals surface area contributed by atoms with Gasteiger partial charge in [0.2, 0.25) is 10.0 Å². The van der Waals surface area contributed by atoms with E-state index in [1.54, 1.807) is 10.4 Å². The minimum absolute atomic E-state index is 0.145. The maximum atomic E-state index is 12.9. The van der Waals surface area contributed by atoms with Crippen molar-refractivity contribution in [3.05, 3.63) is 29.3 Å². The second-order valence-electron chi connectivity index (χ2n) is 5.32. The van der Waals surface area contributed by atoms with Crippen molar-refractivity contribution in [2.75, 3.05) is 6.54 Å². The van der Waals surface area contributed by atoms with Crippen LogP contribution in [-0.2, 0) is 23.0 Å². The summed E-state index contributed by atoms with van der Waals surface area (Å²) in [7, 11) is -3.40. The summed E-state index contributed by atoms with van der Waals surface area (Å²) in [4.78, 5) is 0.448. The van der Waals surface area contributed by atoms with Crippen LogP contribution >= 0.6 is 0 Å². The third-order valence-corrected chi connectivity index (χ3v) is 6.16. The van der Waals surface area contributed by atoms with Gasteiger partial charge in [-0.2, -0.15) is 4.31 Å². The summed E-state index contributed by atoms with van der Waals surface area (Å²) in [5.74, 6) is 0. The standard InChI is InChI=1S/C15H24N2O2S/c1-3-13-8-7-12(11-16)10-15(13)20(18,19)17-9-5-6-14(17)4-2/h7-8,10,14H,3-6,9,11,16H2,1-2H3. The second kappa shape index (κ2) is 6.24. The molecule has 2 rings (SSSR count). The van der Waals surface area contributed by atoms with Gasteiger partial charge in [0.15, 0.2) is 0 Å². The Morgan fingerprint density at radius 1 is 1.35 bits per heavy atom. The molecule has 1 aliphatic heterocycles. The maximum absolute atomic E-state index is 12.9. The number of benzene rings is 1. The molecule has 1 heterocycles. The molecule has 0 saturated carbocycles. The molecule has 1 aliphatic rings. The van der Waals surface area contributed by atoms with Crippen LogP contribution in [0.1, 0.15) is 44.2 Å². The summed E-state index contributed by atoms with van der Waals surface area (Å²) in [5.41, 5.74) is 7.40. The molecular formula is C15H24N2O2S. The van der Waals surface area contributed by atoms with Crippen molar-refractivity contribution in [3.63, 3.8) is 0 Å². The van der Waals surface area contributed by atoms with Crippen LogP contribution in [0.4, 0.5) is 0 Å². The normalized spacial score (nSPS) is 20.4. The van der Waals surface area contributed by atoms with Gasteiger partial charge in [-0.3, -0.25) is 0 Å². The highest BCUT2D eigenvalue weighted by atomic mass is 32.2. The maximum Gasteiger partial charge on any atom is 0.243 e. The lowest BCUT2D eigenvalue weighted by atomic mass is 10.1. The third-order valence-electron chi connectivity index (χ3n) is 4.13. The smallest absolute Gasteiger partial charge is 0.243 e. The van der Waals surface area contributed by atoms with E-state index in [0.29, 0.717) is 24.4 Å². The van der Waals surface area contributed by atoms with Gasteiger partial charge in [0.05, 0.1) is 4.90 Å². The summed E-state index contributed by atoms with van der Waals surface area (Å²) in [6, 6.07) is 5.70. The summed E-state index contributed by atoms with van der Waals surface area (Å²) in [6.45, 7) is 5.04. The van der Waals surface area contributed by atoms with Crippen LogP contribution in [0.25, 0.3) is 0 Å². The second-order valence-corrected chi connectivity index (χ2v) is 7.18. The lowest BCUT2D eigenvalue weighted by molar-refractivity contribution is 0.379. The van der Waals surface area contributed by atoms with Crippen molar-refractivity contribution in [1.29, 1.82) is 0 Å². The Morgan fingerprint density at radius 3 is 2.70 bits per heavy atom. The third kappa shape index (κ3) is 2.75. The molecule has 112 valence electrons. The van der Waals surface area contributed by atoms with Gasteiger partial charge < -0.3 is 5.73 Å². The SMILES string of the molecule is CCc1ccc(CN)cc1S(=O)(=O)N1CCCC1CC. The number of sulfonamides is 1. The number of nitrogens with zero attached hydrogens (tertiary/aromatic N) is 1. The summed E-state index contributed by atoms with van der Waals surface area (Å²) < 4.78 is 27.6. The predicted molar refractivity (Wildman–Crippen MR) is 80.9 cm³/mol. The molecule has 4 nitrogen and oxygen atoms in total. The predicted octanol–water partition coefficient (Wildman–Crippen LogP) is 2.27. The number of rotatable bonds is 5. The van der Waals surface area contributed by atoms with E-state index in [9.17, 15) is 8.42 Å². The van der Waals surface area contributed by atoms with E-state index in [4.69, 9.17) is 5.73 Å². The topological polar surface area (TPSA) is 63.4 Å². The molecule has 1 atom stereocenters. The van der Waals surface area contributed by atoms with Crippen molar-refractivity contribution in [3.8, 4) is 0 Å². The Kier molecular flexibility index (Phi) is 4.83. The van der Waals surface area contributed by atoms with Crippen LogP contribution in [-0.4, -0.2) is 25.3 Å². The first-order chi connectivity index (χ1) is 9.54. The zero-order valence-corrected chi connectivity index (χ0v) is 13.1. The highest BCUT2D eigenvalue weighted by Crippen LogP contribution is 2.30. The molecule has 5 heteroatoms. The molecule has 1 aromatic rings. The fraction of sp³-hybridized carbons (Fsp3) is 0.600. The first-order valence-electron chi connectivity index (χ1n) is 7.38. The Hall–Kier alpha value is -0.910. The van der Waals surface area contributed by atoms with E-state index in [2.05, 4.69) is 6.92 Å². The van der Waals surface area contributed by atoms with Crippen LogP contribution in [0.5, 0.6) is 0 Å². The van der Waals surface area contributed by atoms with E-state index in [1.807, 2.05) is 19.1 Å². The van der Waals surface area contributed by atoms with Gasteiger partial charge in [-0.1, -0.05) is 26.0 Å². The quantitative estimate of drug-likeness (QED) is 0.906. The van der Waals surface area contributed by atoms with Crippen molar-refractivity contribution in [1.82, 2.24) is 4.31 Å². The van der Waals surface area contributed by atoms with Gasteiger partial charge in [0, 0.05) is 19.1 Å². The van der Waals surface area contributed by atoms with Gasteiger partial charge in [-0.05, 0) is 42.9 Å². The molecular weight excluding hydrogens is 272 g/mol. The van der Waals surface area contributed by atoms with Crippen LogP contribution in [0.15, 0.2) is 23.1 Å². The van der Waals surface area contributed by atoms with Gasteiger partial charge >= 0.3 is 0 Å². The molecule has 0 aliphatic carbocycles. The monoisotopic (exact) mass is 296 g/mol. The van der Waals surface area contributed by atoms with Gasteiger partial charge in [0.25, 0.3) is 0 Å². The first kappa shape index (κ1) is 15.5. The van der Waals surface area contributed by atoms with Gasteiger partial charge in [-0.15, -0.1) is 0 Å². The average Bonchev–Trinajstić information content (AvgIpc) is 2.95. The molecule has 1 aromatic carbocycles. The summed E-state index contributed by atoms with van der Waals surface area (Å²) >= 11 is 0. The van der Waals surface area contributed by atoms with E-state index in [1.165, 1.54) is 0 Å². The largest absolute Gasteiger partial charge is 0.326 e. The number of hydrogen-bond donors (Lipinski definition) is 1. The van der Waals surface area contributed by atoms with E-state index >= 15 is 0 Å². The number of nitrogens with two attached hydrogens (primary N) is 1. The molecule has 2 N–H and O–H groups in total. The number of hydrogen-bond acceptors (Lipinski definition) is 3. The molecule has 1 fully saturated rings. The van der Waals surface area contributed by atoms with E-state index in [0.717, 1.165) is 30.4 Å². The average molecular weight is 296 g/mol. The minimum atomic E-state index is -3.40. The summed E-state index contributed by atoms with van der Waals surface area (Å²) in [5, 5.41) is 0. The lowest BCUT2D eigenvalue weighted by Crippen LogP contribution is -2.35. The Morgan fingerprint density at radius 2 is 2.10 bits per heavy atom. The zero-order valence-electron chi connectivity index (χ0n) is 12.3. The Bertz CT molecular complexity index is 569. The number of aryl methyl sites for hydroxylation is 1. The van der Waals surface area contributed by atoms with Crippen LogP contribution < -0.4 is 5.73 Å². The molecule has 1 unspecified atom stereocenters. The molecule has 0 radical (unpaired) electrons. The Labute approximate surface area is 122 Å². The van der Waals surface area contributed by atoms with Crippen molar-refractivity contribution < 1.29 is 8.42 Å². The molecule has 0 bridgehead atoms. The highest BCUT2D eigenvalue weighted by molar-refractivity contribution is 7.89.